The van der Waals surface area contributed by atoms with Crippen LogP contribution in [0, 0.1) is 21.7 Å². The SMILES string of the molecule is CC(C)(C)COc1ccc2c(c1)C1=NC2=NC2=NC(=NC3=NC(=NC4=NC(=N1)c1ccc(OCC(C)(C)C)cc14)c1ccc(OCC(C)(C)C)cc13)c1cc(OCC(C)(C)C)ccc12. The molecule has 0 radical (unpaired) electrons. The minimum atomic E-state index is -0.0466. The molecule has 0 spiro atoms. The monoisotopic (exact) mass is 856 g/mol. The smallest absolute Gasteiger partial charge is 0.164 e. The number of hydrogen-bond donors (Lipinski definition) is 0. The summed E-state index contributed by atoms with van der Waals surface area (Å²) < 4.78 is 25.2. The summed E-state index contributed by atoms with van der Waals surface area (Å²) in [5.41, 5.74) is 6.03. The Bertz CT molecular complexity index is 2860. The maximum absolute atomic E-state index is 6.31. The summed E-state index contributed by atoms with van der Waals surface area (Å²) in [7, 11) is 0. The van der Waals surface area contributed by atoms with E-state index in [-0.39, 0.29) is 21.7 Å². The van der Waals surface area contributed by atoms with Crippen molar-refractivity contribution in [1.82, 2.24) is 0 Å². The van der Waals surface area contributed by atoms with Gasteiger partial charge in [0.05, 0.1) is 26.4 Å². The molecule has 8 bridgehead atoms. The first kappa shape index (κ1) is 42.7. The highest BCUT2D eigenvalue weighted by atomic mass is 16.5. The van der Waals surface area contributed by atoms with E-state index in [1.165, 1.54) is 0 Å². The normalized spacial score (nSPS) is 16.2. The fourth-order valence-corrected chi connectivity index (χ4v) is 7.14. The number of amidine groups is 8. The lowest BCUT2D eigenvalue weighted by Crippen LogP contribution is -2.17. The number of aliphatic imine (C=N–C) groups is 8. The number of benzene rings is 4. The summed E-state index contributed by atoms with van der Waals surface area (Å²) in [6, 6.07) is 23.6. The van der Waals surface area contributed by atoms with Gasteiger partial charge in [-0.05, 0) is 94.5 Å². The Balaban J connectivity index is 1.25. The van der Waals surface area contributed by atoms with E-state index in [1.807, 2.05) is 72.8 Å². The number of hydrogen-bond acceptors (Lipinski definition) is 12. The predicted molar refractivity (Wildman–Crippen MR) is 258 cm³/mol. The highest BCUT2D eigenvalue weighted by Crippen LogP contribution is 2.35. The fourth-order valence-electron chi connectivity index (χ4n) is 7.14. The van der Waals surface area contributed by atoms with Crippen LogP contribution in [0.15, 0.2) is 113 Å². The van der Waals surface area contributed by atoms with Crippen molar-refractivity contribution in [2.75, 3.05) is 26.4 Å². The van der Waals surface area contributed by atoms with Crippen LogP contribution in [0.3, 0.4) is 0 Å². The summed E-state index contributed by atoms with van der Waals surface area (Å²) in [6.45, 7) is 27.8. The number of nitrogens with zero attached hydrogens (tertiary/aromatic N) is 8. The van der Waals surface area contributed by atoms with Crippen molar-refractivity contribution >= 4 is 46.7 Å². The molecule has 328 valence electrons. The lowest BCUT2D eigenvalue weighted by atomic mass is 9.98. The Morgan fingerprint density at radius 1 is 0.266 bits per heavy atom. The van der Waals surface area contributed by atoms with E-state index in [4.69, 9.17) is 58.9 Å². The molecule has 12 nitrogen and oxygen atoms in total. The van der Waals surface area contributed by atoms with Gasteiger partial charge in [-0.3, -0.25) is 0 Å². The zero-order valence-corrected chi connectivity index (χ0v) is 39.0. The van der Waals surface area contributed by atoms with Gasteiger partial charge < -0.3 is 18.9 Å². The van der Waals surface area contributed by atoms with Gasteiger partial charge in [-0.2, -0.15) is 0 Å². The first-order valence-electron chi connectivity index (χ1n) is 21.9. The Kier molecular flexibility index (Phi) is 10.4. The highest BCUT2D eigenvalue weighted by Gasteiger charge is 2.33. The predicted octanol–water partition coefficient (Wildman–Crippen LogP) is 10.5. The first-order valence-corrected chi connectivity index (χ1v) is 21.9. The van der Waals surface area contributed by atoms with Crippen molar-refractivity contribution in [1.29, 1.82) is 0 Å². The lowest BCUT2D eigenvalue weighted by Gasteiger charge is -2.19. The Hall–Kier alpha value is -6.56. The summed E-state index contributed by atoms with van der Waals surface area (Å²) in [5, 5.41) is 0. The molecule has 0 N–H and O–H groups in total. The Morgan fingerprint density at radius 3 is 0.609 bits per heavy atom. The molecule has 12 heteroatoms. The van der Waals surface area contributed by atoms with Crippen molar-refractivity contribution in [2.24, 2.45) is 61.6 Å². The molecule has 9 rings (SSSR count). The van der Waals surface area contributed by atoms with E-state index in [9.17, 15) is 0 Å². The van der Waals surface area contributed by atoms with Crippen LogP contribution >= 0.6 is 0 Å². The van der Waals surface area contributed by atoms with Crippen molar-refractivity contribution in [3.63, 3.8) is 0 Å². The molecule has 0 atom stereocenters. The molecular formula is C52H56N8O4. The van der Waals surface area contributed by atoms with Gasteiger partial charge in [-0.15, -0.1) is 0 Å². The van der Waals surface area contributed by atoms with Gasteiger partial charge in [0.15, 0.2) is 46.7 Å². The summed E-state index contributed by atoms with van der Waals surface area (Å²) in [6.07, 6.45) is 0. The molecule has 0 saturated carbocycles. The lowest BCUT2D eigenvalue weighted by molar-refractivity contribution is 0.198. The van der Waals surface area contributed by atoms with Gasteiger partial charge in [0, 0.05) is 44.5 Å². The Labute approximate surface area is 375 Å². The number of fused-ring (bicyclic) bond motifs is 16. The topological polar surface area (TPSA) is 136 Å². The minimum Gasteiger partial charge on any atom is -0.493 e. The van der Waals surface area contributed by atoms with Crippen LogP contribution < -0.4 is 18.9 Å². The largest absolute Gasteiger partial charge is 0.493 e. The maximum atomic E-state index is 6.31. The first-order chi connectivity index (χ1) is 30.1. The van der Waals surface area contributed by atoms with Crippen LogP contribution in [0.2, 0.25) is 0 Å². The van der Waals surface area contributed by atoms with E-state index in [2.05, 4.69) is 83.1 Å². The second kappa shape index (κ2) is 15.6. The second-order valence-corrected chi connectivity index (χ2v) is 21.7. The third-order valence-corrected chi connectivity index (χ3v) is 10.3. The van der Waals surface area contributed by atoms with Gasteiger partial charge >= 0.3 is 0 Å². The van der Waals surface area contributed by atoms with Crippen molar-refractivity contribution in [2.45, 2.75) is 83.1 Å². The van der Waals surface area contributed by atoms with Gasteiger partial charge in [0.1, 0.15) is 23.0 Å². The highest BCUT2D eigenvalue weighted by molar-refractivity contribution is 6.35. The van der Waals surface area contributed by atoms with Crippen LogP contribution in [0.5, 0.6) is 23.0 Å². The maximum Gasteiger partial charge on any atom is 0.164 e. The molecule has 4 aromatic carbocycles. The minimum absolute atomic E-state index is 0.0418. The van der Waals surface area contributed by atoms with Crippen molar-refractivity contribution < 1.29 is 18.9 Å². The van der Waals surface area contributed by atoms with Crippen LogP contribution in [0.1, 0.15) is 128 Å². The fraction of sp³-hybridized carbons (Fsp3) is 0.385. The molecule has 0 aliphatic carbocycles. The van der Waals surface area contributed by atoms with E-state index in [0.717, 1.165) is 44.5 Å². The van der Waals surface area contributed by atoms with Crippen LogP contribution in [0.4, 0.5) is 0 Å². The van der Waals surface area contributed by atoms with Crippen LogP contribution in [-0.2, 0) is 0 Å². The molecule has 0 amide bonds. The molecule has 4 aromatic rings. The average Bonchev–Trinajstić information content (AvgIpc) is 3.94. The van der Waals surface area contributed by atoms with Crippen LogP contribution in [0.25, 0.3) is 0 Å². The van der Waals surface area contributed by atoms with E-state index in [1.54, 1.807) is 0 Å². The molecular weight excluding hydrogens is 801 g/mol. The van der Waals surface area contributed by atoms with E-state index < -0.39 is 0 Å². The molecule has 64 heavy (non-hydrogen) atoms. The summed E-state index contributed by atoms with van der Waals surface area (Å²) >= 11 is 0. The van der Waals surface area contributed by atoms with E-state index in [0.29, 0.717) is 96.1 Å². The standard InChI is InChI=1S/C52H56N8O4/c1-49(2,3)25-61-29-13-17-33-37(21-29)45-54-41(33)53-42-34-18-14-31(63-27-51(7,8)9)23-39(34)47(55-42)60-48-40-24-32(64-28-52(10,11)12)16-20-36(40)44(59-48)58-46-38-22-30(62-26-50(4,5)6)15-19-35(38)43(56-45)57-46/h13-24H,25-28H2,1-12H3. The number of ether oxygens (including phenoxy) is 4. The van der Waals surface area contributed by atoms with E-state index >= 15 is 0 Å². The summed E-state index contributed by atoms with van der Waals surface area (Å²) in [4.78, 5) is 41.2. The molecule has 0 fully saturated rings. The van der Waals surface area contributed by atoms with Gasteiger partial charge in [-0.25, -0.2) is 39.9 Å². The third-order valence-electron chi connectivity index (χ3n) is 10.3. The molecule has 5 heterocycles. The zero-order valence-electron chi connectivity index (χ0n) is 39.0. The molecule has 0 unspecified atom stereocenters. The molecule has 5 aliphatic rings. The number of rotatable bonds is 8. The van der Waals surface area contributed by atoms with Crippen LogP contribution in [-0.4, -0.2) is 73.1 Å². The molecule has 0 saturated heterocycles. The van der Waals surface area contributed by atoms with Gasteiger partial charge in [0.2, 0.25) is 0 Å². The van der Waals surface area contributed by atoms with Gasteiger partial charge in [-0.1, -0.05) is 83.1 Å². The molecule has 5 aliphatic heterocycles. The Morgan fingerprint density at radius 2 is 0.438 bits per heavy atom. The van der Waals surface area contributed by atoms with Gasteiger partial charge in [0.25, 0.3) is 0 Å². The average molecular weight is 857 g/mol. The third kappa shape index (κ3) is 9.23. The zero-order chi connectivity index (χ0) is 45.3. The quantitative estimate of drug-likeness (QED) is 0.174. The summed E-state index contributed by atoms with van der Waals surface area (Å²) in [5.74, 6) is 6.39. The molecule has 0 aromatic heterocycles. The van der Waals surface area contributed by atoms with Crippen molar-refractivity contribution in [3.8, 4) is 23.0 Å². The second-order valence-electron chi connectivity index (χ2n) is 21.7. The van der Waals surface area contributed by atoms with Crippen molar-refractivity contribution in [3.05, 3.63) is 117 Å².